The molecular formula is C11H14N2O2S. The number of anilines is 1. The molecule has 2 heterocycles. The van der Waals surface area contributed by atoms with Crippen LogP contribution in [0.15, 0.2) is 18.3 Å². The fourth-order valence-corrected chi connectivity index (χ4v) is 2.77. The Morgan fingerprint density at radius 3 is 3.00 bits per heavy atom. The average molecular weight is 238 g/mol. The van der Waals surface area contributed by atoms with Gasteiger partial charge in [0.1, 0.15) is 5.69 Å². The Morgan fingerprint density at radius 2 is 2.44 bits per heavy atom. The molecule has 86 valence electrons. The van der Waals surface area contributed by atoms with E-state index in [1.807, 2.05) is 11.8 Å². The summed E-state index contributed by atoms with van der Waals surface area (Å²) in [5, 5.41) is 12.1. The topological polar surface area (TPSA) is 62.2 Å². The van der Waals surface area contributed by atoms with Crippen molar-refractivity contribution in [2.24, 2.45) is 0 Å². The molecule has 0 aromatic carbocycles. The van der Waals surface area contributed by atoms with Crippen LogP contribution in [-0.2, 0) is 0 Å². The average Bonchev–Trinajstić information content (AvgIpc) is 2.31. The number of carboxylic acid groups (broad SMARTS) is 1. The third-order valence-electron chi connectivity index (χ3n) is 2.51. The first kappa shape index (κ1) is 11.3. The minimum atomic E-state index is -0.986. The first-order valence-corrected chi connectivity index (χ1v) is 6.45. The largest absolute Gasteiger partial charge is 0.477 e. The van der Waals surface area contributed by atoms with Gasteiger partial charge in [0.05, 0.1) is 11.9 Å². The molecule has 1 fully saturated rings. The van der Waals surface area contributed by atoms with E-state index in [2.05, 4.69) is 10.3 Å². The highest BCUT2D eigenvalue weighted by Crippen LogP contribution is 2.20. The lowest BCUT2D eigenvalue weighted by Crippen LogP contribution is -2.25. The summed E-state index contributed by atoms with van der Waals surface area (Å²) in [6, 6.07) is 3.78. The van der Waals surface area contributed by atoms with Gasteiger partial charge in [-0.3, -0.25) is 0 Å². The molecule has 1 aromatic heterocycles. The molecular weight excluding hydrogens is 224 g/mol. The number of carboxylic acids is 1. The van der Waals surface area contributed by atoms with Gasteiger partial charge >= 0.3 is 5.97 Å². The zero-order valence-electron chi connectivity index (χ0n) is 8.85. The molecule has 1 saturated heterocycles. The molecule has 0 saturated carbocycles. The zero-order chi connectivity index (χ0) is 11.4. The van der Waals surface area contributed by atoms with Crippen LogP contribution in [0.2, 0.25) is 0 Å². The molecule has 0 bridgehead atoms. The number of aromatic carboxylic acids is 1. The van der Waals surface area contributed by atoms with Gasteiger partial charge in [-0.25, -0.2) is 9.78 Å². The smallest absolute Gasteiger partial charge is 0.354 e. The van der Waals surface area contributed by atoms with E-state index in [4.69, 9.17) is 5.11 Å². The van der Waals surface area contributed by atoms with E-state index in [0.717, 1.165) is 11.4 Å². The predicted octanol–water partition coefficient (Wildman–Crippen LogP) is 2.09. The summed E-state index contributed by atoms with van der Waals surface area (Å²) in [5.41, 5.74) is 0.987. The number of thioether (sulfide) groups is 1. The second-order valence-electron chi connectivity index (χ2n) is 3.80. The third kappa shape index (κ3) is 2.88. The van der Waals surface area contributed by atoms with Gasteiger partial charge < -0.3 is 10.4 Å². The summed E-state index contributed by atoms with van der Waals surface area (Å²) >= 11 is 1.95. The van der Waals surface area contributed by atoms with E-state index in [-0.39, 0.29) is 5.69 Å². The summed E-state index contributed by atoms with van der Waals surface area (Å²) in [6.07, 6.45) is 4.00. The Morgan fingerprint density at radius 1 is 1.56 bits per heavy atom. The zero-order valence-corrected chi connectivity index (χ0v) is 9.67. The van der Waals surface area contributed by atoms with E-state index in [0.29, 0.717) is 6.04 Å². The normalized spacial score (nSPS) is 20.4. The van der Waals surface area contributed by atoms with E-state index >= 15 is 0 Å². The van der Waals surface area contributed by atoms with Crippen molar-refractivity contribution < 1.29 is 9.90 Å². The molecule has 0 aliphatic carbocycles. The van der Waals surface area contributed by atoms with Gasteiger partial charge in [0.2, 0.25) is 0 Å². The van der Waals surface area contributed by atoms with Crippen molar-refractivity contribution in [1.82, 2.24) is 4.98 Å². The van der Waals surface area contributed by atoms with Gasteiger partial charge in [0.25, 0.3) is 0 Å². The van der Waals surface area contributed by atoms with Crippen LogP contribution in [0.25, 0.3) is 0 Å². The van der Waals surface area contributed by atoms with Gasteiger partial charge in [0.15, 0.2) is 0 Å². The molecule has 5 heteroatoms. The molecule has 1 aromatic rings. The second kappa shape index (κ2) is 5.21. The van der Waals surface area contributed by atoms with Gasteiger partial charge in [-0.1, -0.05) is 0 Å². The Balaban J connectivity index is 1.96. The van der Waals surface area contributed by atoms with Gasteiger partial charge in [0, 0.05) is 11.8 Å². The molecule has 2 N–H and O–H groups in total. The molecule has 1 aliphatic rings. The summed E-state index contributed by atoms with van der Waals surface area (Å²) < 4.78 is 0. The highest BCUT2D eigenvalue weighted by Gasteiger charge is 2.13. The first-order chi connectivity index (χ1) is 7.75. The van der Waals surface area contributed by atoms with E-state index in [9.17, 15) is 4.79 Å². The molecule has 4 nitrogen and oxygen atoms in total. The van der Waals surface area contributed by atoms with Crippen LogP contribution in [0.1, 0.15) is 23.3 Å². The van der Waals surface area contributed by atoms with E-state index in [1.165, 1.54) is 24.7 Å². The van der Waals surface area contributed by atoms with Crippen molar-refractivity contribution in [2.45, 2.75) is 18.9 Å². The number of nitrogens with zero attached hydrogens (tertiary/aromatic N) is 1. The molecule has 0 amide bonds. The second-order valence-corrected chi connectivity index (χ2v) is 4.95. The van der Waals surface area contributed by atoms with E-state index in [1.54, 1.807) is 12.3 Å². The maximum atomic E-state index is 10.6. The van der Waals surface area contributed by atoms with Crippen molar-refractivity contribution >= 4 is 23.4 Å². The molecule has 0 radical (unpaired) electrons. The fraction of sp³-hybridized carbons (Fsp3) is 0.455. The summed E-state index contributed by atoms with van der Waals surface area (Å²) in [4.78, 5) is 14.5. The lowest BCUT2D eigenvalue weighted by molar-refractivity contribution is 0.0690. The number of hydrogen-bond donors (Lipinski definition) is 2. The van der Waals surface area contributed by atoms with Crippen LogP contribution in [-0.4, -0.2) is 33.6 Å². The number of pyridine rings is 1. The fourth-order valence-electron chi connectivity index (χ4n) is 1.70. The third-order valence-corrected chi connectivity index (χ3v) is 3.73. The predicted molar refractivity (Wildman–Crippen MR) is 65.2 cm³/mol. The lowest BCUT2D eigenvalue weighted by atomic mass is 10.2. The SMILES string of the molecule is O=C(O)c1ccc(NC2CCCSC2)cn1. The Labute approximate surface area is 98.5 Å². The number of aromatic nitrogens is 1. The van der Waals surface area contributed by atoms with Crippen LogP contribution in [0.4, 0.5) is 5.69 Å². The van der Waals surface area contributed by atoms with Crippen molar-refractivity contribution in [3.63, 3.8) is 0 Å². The van der Waals surface area contributed by atoms with Crippen molar-refractivity contribution in [3.05, 3.63) is 24.0 Å². The van der Waals surface area contributed by atoms with Crippen LogP contribution < -0.4 is 5.32 Å². The van der Waals surface area contributed by atoms with Crippen LogP contribution in [0.5, 0.6) is 0 Å². The number of nitrogens with one attached hydrogen (secondary N) is 1. The quantitative estimate of drug-likeness (QED) is 0.844. The van der Waals surface area contributed by atoms with Crippen molar-refractivity contribution in [1.29, 1.82) is 0 Å². The number of rotatable bonds is 3. The minimum absolute atomic E-state index is 0.0866. The molecule has 1 aliphatic heterocycles. The highest BCUT2D eigenvalue weighted by atomic mass is 32.2. The lowest BCUT2D eigenvalue weighted by Gasteiger charge is -2.23. The van der Waals surface area contributed by atoms with E-state index < -0.39 is 5.97 Å². The molecule has 2 rings (SSSR count). The maximum Gasteiger partial charge on any atom is 0.354 e. The van der Waals surface area contributed by atoms with Gasteiger partial charge in [-0.2, -0.15) is 11.8 Å². The van der Waals surface area contributed by atoms with Gasteiger partial charge in [-0.05, 0) is 30.7 Å². The summed E-state index contributed by atoms with van der Waals surface area (Å²) in [5.74, 6) is 1.37. The summed E-state index contributed by atoms with van der Waals surface area (Å²) in [6.45, 7) is 0. The van der Waals surface area contributed by atoms with Crippen molar-refractivity contribution in [3.8, 4) is 0 Å². The minimum Gasteiger partial charge on any atom is -0.477 e. The molecule has 1 atom stereocenters. The maximum absolute atomic E-state index is 10.6. The Bertz CT molecular complexity index is 361. The number of hydrogen-bond acceptors (Lipinski definition) is 4. The monoisotopic (exact) mass is 238 g/mol. The van der Waals surface area contributed by atoms with Crippen molar-refractivity contribution in [2.75, 3.05) is 16.8 Å². The number of carbonyl (C=O) groups is 1. The summed E-state index contributed by atoms with van der Waals surface area (Å²) in [7, 11) is 0. The molecule has 1 unspecified atom stereocenters. The van der Waals surface area contributed by atoms with Gasteiger partial charge in [-0.15, -0.1) is 0 Å². The highest BCUT2D eigenvalue weighted by molar-refractivity contribution is 7.99. The standard InChI is InChI=1S/C11H14N2O2S/c14-11(15)10-4-3-8(6-12-10)13-9-2-1-5-16-7-9/h3-4,6,9,13H,1-2,5,7H2,(H,14,15). The van der Waals surface area contributed by atoms with Crippen LogP contribution in [0, 0.1) is 0 Å². The van der Waals surface area contributed by atoms with Crippen LogP contribution in [0.3, 0.4) is 0 Å². The molecule has 16 heavy (non-hydrogen) atoms. The first-order valence-electron chi connectivity index (χ1n) is 5.29. The molecule has 0 spiro atoms. The van der Waals surface area contributed by atoms with Crippen LogP contribution >= 0.6 is 11.8 Å². The Hall–Kier alpha value is -1.23. The Kier molecular flexibility index (Phi) is 3.66.